The summed E-state index contributed by atoms with van der Waals surface area (Å²) < 4.78 is 18.6. The van der Waals surface area contributed by atoms with Crippen LogP contribution in [0, 0.1) is 5.92 Å². The monoisotopic (exact) mass is 216 g/mol. The Morgan fingerprint density at radius 2 is 2.00 bits per heavy atom. The van der Waals surface area contributed by atoms with Gasteiger partial charge in [0, 0.05) is 0 Å². The van der Waals surface area contributed by atoms with E-state index in [2.05, 4.69) is 0 Å². The predicted octanol–water partition coefficient (Wildman–Crippen LogP) is 3.25. The van der Waals surface area contributed by atoms with E-state index >= 15 is 0 Å². The van der Waals surface area contributed by atoms with Crippen molar-refractivity contribution in [1.29, 1.82) is 0 Å². The number of halogens is 1. The van der Waals surface area contributed by atoms with E-state index in [9.17, 15) is 9.18 Å². The van der Waals surface area contributed by atoms with Gasteiger partial charge in [-0.1, -0.05) is 26.7 Å². The Labute approximate surface area is 91.2 Å². The van der Waals surface area contributed by atoms with Crippen LogP contribution in [0.1, 0.15) is 52.4 Å². The second-order valence-corrected chi connectivity index (χ2v) is 4.48. The number of alkyl halides is 1. The van der Waals surface area contributed by atoms with Crippen LogP contribution in [0.4, 0.5) is 4.39 Å². The number of ether oxygens (including phenoxy) is 1. The molecule has 0 aromatic rings. The molecule has 1 fully saturated rings. The number of esters is 1. The quantitative estimate of drug-likeness (QED) is 0.674. The molecule has 1 rings (SSSR count). The van der Waals surface area contributed by atoms with Crippen LogP contribution in [-0.2, 0) is 9.53 Å². The number of hydrogen-bond donors (Lipinski definition) is 0. The first kappa shape index (κ1) is 12.5. The largest absolute Gasteiger partial charge is 0.460 e. The van der Waals surface area contributed by atoms with E-state index in [1.807, 2.05) is 6.92 Å². The van der Waals surface area contributed by atoms with E-state index < -0.39 is 12.1 Å². The molecule has 15 heavy (non-hydrogen) atoms. The van der Waals surface area contributed by atoms with Gasteiger partial charge in [0.15, 0.2) is 6.17 Å². The molecule has 3 heteroatoms. The van der Waals surface area contributed by atoms with Crippen molar-refractivity contribution in [3.8, 4) is 0 Å². The molecule has 2 nitrogen and oxygen atoms in total. The molecule has 1 aliphatic rings. The Morgan fingerprint density at radius 1 is 1.40 bits per heavy atom. The first-order valence-electron chi connectivity index (χ1n) is 5.99. The highest BCUT2D eigenvalue weighted by molar-refractivity contribution is 5.75. The minimum atomic E-state index is -1.45. The van der Waals surface area contributed by atoms with Crippen LogP contribution >= 0.6 is 0 Å². The van der Waals surface area contributed by atoms with Gasteiger partial charge in [0.2, 0.25) is 0 Å². The van der Waals surface area contributed by atoms with Crippen molar-refractivity contribution in [1.82, 2.24) is 0 Å². The SMILES string of the molecule is CC[C@H](C)[C@H](F)C(=O)OC1CCCCC1. The third-order valence-electron chi connectivity index (χ3n) is 3.20. The summed E-state index contributed by atoms with van der Waals surface area (Å²) in [5, 5.41) is 0. The summed E-state index contributed by atoms with van der Waals surface area (Å²) in [6.45, 7) is 3.62. The van der Waals surface area contributed by atoms with Gasteiger partial charge in [-0.25, -0.2) is 9.18 Å². The molecule has 2 atom stereocenters. The van der Waals surface area contributed by atoms with Crippen LogP contribution in [0.2, 0.25) is 0 Å². The van der Waals surface area contributed by atoms with Crippen molar-refractivity contribution in [3.63, 3.8) is 0 Å². The number of hydrogen-bond acceptors (Lipinski definition) is 2. The lowest BCUT2D eigenvalue weighted by atomic mass is 9.97. The molecular formula is C12H21FO2. The molecule has 0 amide bonds. The molecule has 1 saturated carbocycles. The Hall–Kier alpha value is -0.600. The molecule has 0 heterocycles. The zero-order valence-corrected chi connectivity index (χ0v) is 9.67. The normalized spacial score (nSPS) is 22.1. The highest BCUT2D eigenvalue weighted by Gasteiger charge is 2.27. The average molecular weight is 216 g/mol. The van der Waals surface area contributed by atoms with E-state index in [1.54, 1.807) is 6.92 Å². The van der Waals surface area contributed by atoms with Crippen LogP contribution in [0.15, 0.2) is 0 Å². The number of rotatable bonds is 4. The van der Waals surface area contributed by atoms with Gasteiger partial charge >= 0.3 is 5.97 Å². The summed E-state index contributed by atoms with van der Waals surface area (Å²) in [6.07, 6.45) is 4.39. The summed E-state index contributed by atoms with van der Waals surface area (Å²) in [7, 11) is 0. The maximum absolute atomic E-state index is 13.5. The first-order valence-corrected chi connectivity index (χ1v) is 5.99. The van der Waals surface area contributed by atoms with E-state index in [0.29, 0.717) is 6.42 Å². The van der Waals surface area contributed by atoms with Gasteiger partial charge in [-0.05, 0) is 31.6 Å². The van der Waals surface area contributed by atoms with Crippen molar-refractivity contribution in [3.05, 3.63) is 0 Å². The third kappa shape index (κ3) is 3.80. The zero-order chi connectivity index (χ0) is 11.3. The summed E-state index contributed by atoms with van der Waals surface area (Å²) in [6, 6.07) is 0. The topological polar surface area (TPSA) is 26.3 Å². The predicted molar refractivity (Wildman–Crippen MR) is 57.3 cm³/mol. The van der Waals surface area contributed by atoms with Crippen LogP contribution in [0.5, 0.6) is 0 Å². The van der Waals surface area contributed by atoms with Crippen molar-refractivity contribution in [2.45, 2.75) is 64.6 Å². The molecule has 0 aliphatic heterocycles. The summed E-state index contributed by atoms with van der Waals surface area (Å²) in [5.41, 5.74) is 0. The third-order valence-corrected chi connectivity index (χ3v) is 3.20. The Bertz CT molecular complexity index is 200. The van der Waals surface area contributed by atoms with Crippen LogP contribution in [0.25, 0.3) is 0 Å². The minimum Gasteiger partial charge on any atom is -0.460 e. The van der Waals surface area contributed by atoms with Crippen molar-refractivity contribution in [2.24, 2.45) is 5.92 Å². The Balaban J connectivity index is 2.33. The van der Waals surface area contributed by atoms with Crippen molar-refractivity contribution < 1.29 is 13.9 Å². The van der Waals surface area contributed by atoms with Gasteiger partial charge in [-0.3, -0.25) is 0 Å². The highest BCUT2D eigenvalue weighted by Crippen LogP contribution is 2.22. The van der Waals surface area contributed by atoms with Crippen LogP contribution < -0.4 is 0 Å². The molecule has 0 radical (unpaired) electrons. The molecule has 0 unspecified atom stereocenters. The Kier molecular flexibility index (Phi) is 5.06. The number of carbonyl (C=O) groups is 1. The molecule has 0 saturated heterocycles. The van der Waals surface area contributed by atoms with Gasteiger partial charge in [-0.15, -0.1) is 0 Å². The molecule has 0 aromatic carbocycles. The molecule has 0 spiro atoms. The second-order valence-electron chi connectivity index (χ2n) is 4.48. The lowest BCUT2D eigenvalue weighted by Crippen LogP contribution is -2.30. The maximum Gasteiger partial charge on any atom is 0.341 e. The number of carbonyl (C=O) groups excluding carboxylic acids is 1. The van der Waals surface area contributed by atoms with Gasteiger partial charge in [-0.2, -0.15) is 0 Å². The summed E-state index contributed by atoms with van der Waals surface area (Å²) in [4.78, 5) is 11.4. The van der Waals surface area contributed by atoms with Gasteiger partial charge in [0.25, 0.3) is 0 Å². The molecule has 0 aromatic heterocycles. The lowest BCUT2D eigenvalue weighted by molar-refractivity contribution is -0.158. The average Bonchev–Trinajstić information content (AvgIpc) is 2.28. The Morgan fingerprint density at radius 3 is 2.53 bits per heavy atom. The molecule has 0 bridgehead atoms. The van der Waals surface area contributed by atoms with E-state index in [4.69, 9.17) is 4.74 Å². The first-order chi connectivity index (χ1) is 7.15. The fourth-order valence-corrected chi connectivity index (χ4v) is 1.85. The van der Waals surface area contributed by atoms with Crippen LogP contribution in [-0.4, -0.2) is 18.2 Å². The minimum absolute atomic E-state index is 0.0337. The van der Waals surface area contributed by atoms with Gasteiger partial charge in [0.05, 0.1) is 0 Å². The molecule has 0 N–H and O–H groups in total. The summed E-state index contributed by atoms with van der Waals surface area (Å²) >= 11 is 0. The molecular weight excluding hydrogens is 195 g/mol. The van der Waals surface area contributed by atoms with Crippen molar-refractivity contribution >= 4 is 5.97 Å². The van der Waals surface area contributed by atoms with Crippen molar-refractivity contribution in [2.75, 3.05) is 0 Å². The van der Waals surface area contributed by atoms with E-state index in [0.717, 1.165) is 25.7 Å². The van der Waals surface area contributed by atoms with Gasteiger partial charge < -0.3 is 4.74 Å². The zero-order valence-electron chi connectivity index (χ0n) is 9.67. The summed E-state index contributed by atoms with van der Waals surface area (Å²) in [5.74, 6) is -0.891. The smallest absolute Gasteiger partial charge is 0.341 e. The fourth-order valence-electron chi connectivity index (χ4n) is 1.85. The lowest BCUT2D eigenvalue weighted by Gasteiger charge is -2.23. The van der Waals surface area contributed by atoms with E-state index in [-0.39, 0.29) is 12.0 Å². The fraction of sp³-hybridized carbons (Fsp3) is 0.917. The second kappa shape index (κ2) is 6.09. The van der Waals surface area contributed by atoms with E-state index in [1.165, 1.54) is 6.42 Å². The standard InChI is InChI=1S/C12H21FO2/c1-3-9(2)11(13)12(14)15-10-7-5-4-6-8-10/h9-11H,3-8H2,1-2H3/t9-,11-/m0/s1. The molecule has 1 aliphatic carbocycles. The maximum atomic E-state index is 13.5. The highest BCUT2D eigenvalue weighted by atomic mass is 19.1. The van der Waals surface area contributed by atoms with Crippen LogP contribution in [0.3, 0.4) is 0 Å². The van der Waals surface area contributed by atoms with Gasteiger partial charge in [0.1, 0.15) is 6.10 Å². The molecule has 88 valence electrons.